The van der Waals surface area contributed by atoms with Crippen LogP contribution in [-0.2, 0) is 24.3 Å². The molecule has 0 aliphatic rings. The van der Waals surface area contributed by atoms with Gasteiger partial charge in [0, 0.05) is 23.5 Å². The van der Waals surface area contributed by atoms with Gasteiger partial charge in [0.25, 0.3) is 5.91 Å². The van der Waals surface area contributed by atoms with Crippen LogP contribution in [0.15, 0.2) is 53.4 Å². The van der Waals surface area contributed by atoms with Gasteiger partial charge in [0.15, 0.2) is 6.61 Å². The van der Waals surface area contributed by atoms with Crippen molar-refractivity contribution in [2.75, 3.05) is 31.6 Å². The van der Waals surface area contributed by atoms with E-state index in [-0.39, 0.29) is 40.7 Å². The van der Waals surface area contributed by atoms with Crippen molar-refractivity contribution in [1.29, 1.82) is 0 Å². The Labute approximate surface area is 232 Å². The number of hydrogen-bond acceptors (Lipinski definition) is 8. The number of anilines is 1. The average molecular weight is 573 g/mol. The molecule has 1 heterocycles. The Balaban J connectivity index is 1.78. The van der Waals surface area contributed by atoms with Crippen molar-refractivity contribution in [1.82, 2.24) is 4.31 Å². The molecule has 3 aromatic rings. The smallest absolute Gasteiger partial charge is 0.341 e. The Morgan fingerprint density at radius 3 is 2.21 bits per heavy atom. The van der Waals surface area contributed by atoms with Crippen molar-refractivity contribution in [3.8, 4) is 11.1 Å². The molecule has 0 unspecified atom stereocenters. The minimum atomic E-state index is -3.77. The zero-order valence-electron chi connectivity index (χ0n) is 22.6. The summed E-state index contributed by atoms with van der Waals surface area (Å²) in [6.45, 7) is 9.06. The summed E-state index contributed by atoms with van der Waals surface area (Å²) >= 11 is 1.22. The number of aryl methyl sites for hydroxylation is 2. The van der Waals surface area contributed by atoms with E-state index in [1.165, 1.54) is 39.9 Å². The van der Waals surface area contributed by atoms with Crippen LogP contribution >= 0.6 is 11.3 Å². The predicted octanol–water partition coefficient (Wildman–Crippen LogP) is 5.03. The van der Waals surface area contributed by atoms with E-state index in [9.17, 15) is 22.8 Å². The molecule has 1 aromatic heterocycles. The summed E-state index contributed by atoms with van der Waals surface area (Å²) in [7, 11) is -3.77. The fraction of sp³-hybridized carbons (Fsp3) is 0.321. The van der Waals surface area contributed by atoms with Crippen LogP contribution in [0.2, 0.25) is 0 Å². The number of hydrogen-bond donors (Lipinski definition) is 1. The second-order valence-corrected chi connectivity index (χ2v) is 11.7. The fourth-order valence-corrected chi connectivity index (χ4v) is 6.56. The molecular formula is C28H32N2O7S2. The van der Waals surface area contributed by atoms with Crippen molar-refractivity contribution in [3.63, 3.8) is 0 Å². The number of rotatable bonds is 11. The third-order valence-electron chi connectivity index (χ3n) is 5.90. The van der Waals surface area contributed by atoms with Crippen molar-refractivity contribution >= 4 is 44.2 Å². The maximum atomic E-state index is 12.9. The second-order valence-electron chi connectivity index (χ2n) is 8.57. The van der Waals surface area contributed by atoms with E-state index >= 15 is 0 Å². The van der Waals surface area contributed by atoms with Crippen LogP contribution in [0.4, 0.5) is 5.00 Å². The molecule has 0 aliphatic heterocycles. The molecule has 11 heteroatoms. The lowest BCUT2D eigenvalue weighted by molar-refractivity contribution is -0.119. The first kappa shape index (κ1) is 30.0. The van der Waals surface area contributed by atoms with Gasteiger partial charge in [-0.3, -0.25) is 4.79 Å². The van der Waals surface area contributed by atoms with Gasteiger partial charge in [0.1, 0.15) is 10.6 Å². The number of thiophene rings is 1. The number of benzene rings is 2. The van der Waals surface area contributed by atoms with E-state index in [2.05, 4.69) is 5.32 Å². The van der Waals surface area contributed by atoms with Crippen molar-refractivity contribution < 1.29 is 32.3 Å². The quantitative estimate of drug-likeness (QED) is 0.320. The molecule has 3 rings (SSSR count). The first-order valence-electron chi connectivity index (χ1n) is 12.5. The Bertz CT molecular complexity index is 1460. The summed E-state index contributed by atoms with van der Waals surface area (Å²) in [5.74, 6) is -2.08. The van der Waals surface area contributed by atoms with Gasteiger partial charge in [-0.15, -0.1) is 11.3 Å². The van der Waals surface area contributed by atoms with Crippen LogP contribution < -0.4 is 5.32 Å². The highest BCUT2D eigenvalue weighted by Crippen LogP contribution is 2.40. The van der Waals surface area contributed by atoms with E-state index < -0.39 is 34.5 Å². The number of amides is 1. The molecular weight excluding hydrogens is 540 g/mol. The lowest BCUT2D eigenvalue weighted by atomic mass is 10.0. The maximum Gasteiger partial charge on any atom is 0.341 e. The second kappa shape index (κ2) is 13.0. The van der Waals surface area contributed by atoms with E-state index in [1.54, 1.807) is 20.8 Å². The molecule has 0 saturated heterocycles. The van der Waals surface area contributed by atoms with Crippen LogP contribution in [0.5, 0.6) is 0 Å². The first-order chi connectivity index (χ1) is 18.5. The lowest BCUT2D eigenvalue weighted by Gasteiger charge is -2.18. The molecule has 1 amide bonds. The van der Waals surface area contributed by atoms with E-state index in [0.29, 0.717) is 5.56 Å². The summed E-state index contributed by atoms with van der Waals surface area (Å²) in [5, 5.41) is 2.95. The fourth-order valence-electron chi connectivity index (χ4n) is 3.97. The third kappa shape index (κ3) is 6.92. The molecule has 2 aromatic carbocycles. The SMILES string of the molecule is CCOC(=O)c1c(NC(=O)COC(=O)c2cccc(S(=O)(=O)N(CC)CC)c2)sc(C)c1-c1ccc(C)cc1. The highest BCUT2D eigenvalue weighted by atomic mass is 32.2. The van der Waals surface area contributed by atoms with E-state index in [4.69, 9.17) is 9.47 Å². The number of nitrogens with one attached hydrogen (secondary N) is 1. The number of nitrogens with zero attached hydrogens (tertiary/aromatic N) is 1. The van der Waals surface area contributed by atoms with Crippen LogP contribution in [0.25, 0.3) is 11.1 Å². The largest absolute Gasteiger partial charge is 0.462 e. The highest BCUT2D eigenvalue weighted by Gasteiger charge is 2.26. The van der Waals surface area contributed by atoms with Crippen molar-refractivity contribution in [2.45, 2.75) is 39.5 Å². The number of ether oxygens (including phenoxy) is 2. The van der Waals surface area contributed by atoms with Crippen LogP contribution in [0, 0.1) is 13.8 Å². The monoisotopic (exact) mass is 572 g/mol. The zero-order chi connectivity index (χ0) is 28.7. The topological polar surface area (TPSA) is 119 Å². The maximum absolute atomic E-state index is 12.9. The van der Waals surface area contributed by atoms with Gasteiger partial charge in [-0.25, -0.2) is 18.0 Å². The number of sulfonamides is 1. The van der Waals surface area contributed by atoms with Crippen LogP contribution in [0.3, 0.4) is 0 Å². The standard InChI is InChI=1S/C28H32N2O7S2/c1-6-30(7-2)39(34,35)22-11-9-10-21(16-22)27(32)37-17-23(31)29-26-25(28(33)36-8-3)24(19(5)38-26)20-14-12-18(4)13-15-20/h9-16H,6-8,17H2,1-5H3,(H,29,31). The molecule has 0 spiro atoms. The molecule has 0 fully saturated rings. The third-order valence-corrected chi connectivity index (χ3v) is 8.97. The molecule has 9 nitrogen and oxygen atoms in total. The Kier molecular flexibility index (Phi) is 10.0. The number of esters is 2. The predicted molar refractivity (Wildman–Crippen MR) is 151 cm³/mol. The Hall–Kier alpha value is -3.54. The average Bonchev–Trinajstić information content (AvgIpc) is 3.23. The normalized spacial score (nSPS) is 11.3. The molecule has 0 saturated carbocycles. The highest BCUT2D eigenvalue weighted by molar-refractivity contribution is 7.89. The zero-order valence-corrected chi connectivity index (χ0v) is 24.2. The van der Waals surface area contributed by atoms with E-state index in [0.717, 1.165) is 16.0 Å². The summed E-state index contributed by atoms with van der Waals surface area (Å²) < 4.78 is 37.3. The minimum absolute atomic E-state index is 0.00290. The molecule has 0 radical (unpaired) electrons. The molecule has 1 N–H and O–H groups in total. The summed E-state index contributed by atoms with van der Waals surface area (Å²) in [5.41, 5.74) is 2.77. The Morgan fingerprint density at radius 1 is 0.923 bits per heavy atom. The summed E-state index contributed by atoms with van der Waals surface area (Å²) in [6, 6.07) is 13.1. The number of carbonyl (C=O) groups is 3. The molecule has 39 heavy (non-hydrogen) atoms. The number of carbonyl (C=O) groups excluding carboxylic acids is 3. The van der Waals surface area contributed by atoms with Gasteiger partial charge in [-0.2, -0.15) is 4.31 Å². The molecule has 208 valence electrons. The van der Waals surface area contributed by atoms with Gasteiger partial charge in [-0.05, 0) is 44.5 Å². The van der Waals surface area contributed by atoms with E-state index in [1.807, 2.05) is 38.1 Å². The lowest BCUT2D eigenvalue weighted by Crippen LogP contribution is -2.30. The van der Waals surface area contributed by atoms with Crippen LogP contribution in [0.1, 0.15) is 51.9 Å². The van der Waals surface area contributed by atoms with Gasteiger partial charge >= 0.3 is 11.9 Å². The van der Waals surface area contributed by atoms with Gasteiger partial charge in [-0.1, -0.05) is 49.7 Å². The van der Waals surface area contributed by atoms with Gasteiger partial charge < -0.3 is 14.8 Å². The van der Waals surface area contributed by atoms with Crippen molar-refractivity contribution in [2.24, 2.45) is 0 Å². The Morgan fingerprint density at radius 2 is 1.59 bits per heavy atom. The summed E-state index contributed by atoms with van der Waals surface area (Å²) in [6.07, 6.45) is 0. The first-order valence-corrected chi connectivity index (χ1v) is 14.7. The minimum Gasteiger partial charge on any atom is -0.462 e. The molecule has 0 aliphatic carbocycles. The van der Waals surface area contributed by atoms with Crippen LogP contribution in [-0.4, -0.2) is 56.9 Å². The van der Waals surface area contributed by atoms with Gasteiger partial charge in [0.2, 0.25) is 10.0 Å². The van der Waals surface area contributed by atoms with Crippen molar-refractivity contribution in [3.05, 3.63) is 70.1 Å². The summed E-state index contributed by atoms with van der Waals surface area (Å²) in [4.78, 5) is 39.0. The molecule has 0 atom stereocenters. The van der Waals surface area contributed by atoms with Gasteiger partial charge in [0.05, 0.1) is 17.1 Å². The molecule has 0 bridgehead atoms.